The Hall–Kier alpha value is -1.12. The van der Waals surface area contributed by atoms with Crippen LogP contribution >= 0.6 is 23.1 Å². The van der Waals surface area contributed by atoms with E-state index in [1.165, 1.54) is 35.2 Å². The van der Waals surface area contributed by atoms with Crippen molar-refractivity contribution in [2.24, 2.45) is 0 Å². The van der Waals surface area contributed by atoms with E-state index in [0.717, 1.165) is 17.1 Å². The van der Waals surface area contributed by atoms with E-state index in [0.29, 0.717) is 4.34 Å². The highest BCUT2D eigenvalue weighted by Crippen LogP contribution is 2.32. The van der Waals surface area contributed by atoms with Crippen LogP contribution in [0.2, 0.25) is 0 Å². The van der Waals surface area contributed by atoms with Crippen molar-refractivity contribution in [3.05, 3.63) is 40.4 Å². The lowest BCUT2D eigenvalue weighted by molar-refractivity contribution is -0.137. The van der Waals surface area contributed by atoms with Crippen LogP contribution in [-0.4, -0.2) is 21.1 Å². The Balaban J connectivity index is 2.03. The zero-order chi connectivity index (χ0) is 14.8. The average Bonchev–Trinajstić information content (AvgIpc) is 2.81. The maximum atomic E-state index is 12.6. The topological polar surface area (TPSA) is 46.0 Å². The van der Waals surface area contributed by atoms with Gasteiger partial charge in [-0.25, -0.2) is 0 Å². The van der Waals surface area contributed by atoms with Crippen molar-refractivity contribution < 1.29 is 18.3 Å². The first-order valence-corrected chi connectivity index (χ1v) is 7.44. The van der Waals surface area contributed by atoms with Crippen molar-refractivity contribution in [1.82, 2.24) is 10.2 Å². The summed E-state index contributed by atoms with van der Waals surface area (Å²) < 4.78 is 38.4. The summed E-state index contributed by atoms with van der Waals surface area (Å²) in [6.45, 7) is 1.81. The van der Waals surface area contributed by atoms with Crippen LogP contribution in [0.5, 0.6) is 0 Å². The molecule has 1 aromatic carbocycles. The fourth-order valence-corrected chi connectivity index (χ4v) is 3.31. The Morgan fingerprint density at radius 3 is 2.70 bits per heavy atom. The van der Waals surface area contributed by atoms with Gasteiger partial charge in [0.25, 0.3) is 0 Å². The van der Waals surface area contributed by atoms with Crippen LogP contribution in [0.3, 0.4) is 0 Å². The Bertz CT molecular complexity index is 586. The molecular formula is C12H11F3N2OS2. The van der Waals surface area contributed by atoms with E-state index in [4.69, 9.17) is 0 Å². The van der Waals surface area contributed by atoms with E-state index in [1.807, 2.05) is 6.92 Å². The van der Waals surface area contributed by atoms with Crippen molar-refractivity contribution in [3.8, 4) is 0 Å². The van der Waals surface area contributed by atoms with Crippen LogP contribution in [0.25, 0.3) is 0 Å². The molecule has 2 rings (SSSR count). The maximum Gasteiger partial charge on any atom is 0.416 e. The number of hydrogen-bond donors (Lipinski definition) is 1. The monoisotopic (exact) mass is 320 g/mol. The van der Waals surface area contributed by atoms with Crippen LogP contribution in [0.4, 0.5) is 13.2 Å². The third-order valence-electron chi connectivity index (χ3n) is 2.47. The SMILES string of the molecule is Cc1nnc(SCC(O)c2cccc(C(F)(F)F)c2)s1. The summed E-state index contributed by atoms with van der Waals surface area (Å²) in [5.41, 5.74) is -0.514. The molecule has 0 saturated heterocycles. The molecule has 0 amide bonds. The van der Waals surface area contributed by atoms with Crippen molar-refractivity contribution in [3.63, 3.8) is 0 Å². The molecule has 1 unspecified atom stereocenters. The summed E-state index contributed by atoms with van der Waals surface area (Å²) in [5.74, 6) is 0.232. The number of aromatic nitrogens is 2. The number of alkyl halides is 3. The number of aliphatic hydroxyl groups excluding tert-OH is 1. The molecule has 3 nitrogen and oxygen atoms in total. The zero-order valence-corrected chi connectivity index (χ0v) is 12.0. The normalized spacial score (nSPS) is 13.4. The minimum atomic E-state index is -4.40. The maximum absolute atomic E-state index is 12.6. The second kappa shape index (κ2) is 6.11. The standard InChI is InChI=1S/C12H11F3N2OS2/c1-7-16-17-11(20-7)19-6-10(18)8-3-2-4-9(5-8)12(13,14)15/h2-5,10,18H,6H2,1H3. The number of benzene rings is 1. The van der Waals surface area contributed by atoms with Crippen LogP contribution in [0, 0.1) is 6.92 Å². The van der Waals surface area contributed by atoms with Crippen LogP contribution in [0.1, 0.15) is 22.2 Å². The molecule has 1 N–H and O–H groups in total. The highest BCUT2D eigenvalue weighted by atomic mass is 32.2. The Morgan fingerprint density at radius 2 is 2.10 bits per heavy atom. The molecule has 1 aromatic heterocycles. The molecule has 2 aromatic rings. The Labute approximate surface area is 121 Å². The van der Waals surface area contributed by atoms with Gasteiger partial charge >= 0.3 is 6.18 Å². The van der Waals surface area contributed by atoms with Gasteiger partial charge in [-0.3, -0.25) is 0 Å². The average molecular weight is 320 g/mol. The van der Waals surface area contributed by atoms with Gasteiger partial charge in [-0.2, -0.15) is 13.2 Å². The predicted octanol–water partition coefficient (Wildman–Crippen LogP) is 3.69. The van der Waals surface area contributed by atoms with E-state index in [1.54, 1.807) is 0 Å². The van der Waals surface area contributed by atoms with Gasteiger partial charge in [0.1, 0.15) is 5.01 Å². The number of nitrogens with zero attached hydrogens (tertiary/aromatic N) is 2. The molecule has 0 bridgehead atoms. The molecule has 0 radical (unpaired) electrons. The van der Waals surface area contributed by atoms with Gasteiger partial charge in [0.05, 0.1) is 11.7 Å². The minimum Gasteiger partial charge on any atom is -0.388 e. The smallest absolute Gasteiger partial charge is 0.388 e. The van der Waals surface area contributed by atoms with Gasteiger partial charge < -0.3 is 5.11 Å². The van der Waals surface area contributed by atoms with Crippen LogP contribution in [-0.2, 0) is 6.18 Å². The lowest BCUT2D eigenvalue weighted by Gasteiger charge is -2.12. The second-order valence-corrected chi connectivity index (χ2v) is 6.49. The number of aryl methyl sites for hydroxylation is 1. The first kappa shape index (κ1) is 15.3. The van der Waals surface area contributed by atoms with Gasteiger partial charge in [0.15, 0.2) is 4.34 Å². The molecule has 20 heavy (non-hydrogen) atoms. The van der Waals surface area contributed by atoms with Crippen molar-refractivity contribution in [2.45, 2.75) is 23.5 Å². The summed E-state index contributed by atoms with van der Waals surface area (Å²) in [5, 5.41) is 18.5. The molecule has 0 aliphatic carbocycles. The summed E-state index contributed by atoms with van der Waals surface area (Å²) >= 11 is 2.65. The lowest BCUT2D eigenvalue weighted by Crippen LogP contribution is -2.07. The van der Waals surface area contributed by atoms with E-state index in [2.05, 4.69) is 10.2 Å². The fraction of sp³-hybridized carbons (Fsp3) is 0.333. The first-order valence-electron chi connectivity index (χ1n) is 5.64. The molecule has 0 saturated carbocycles. The molecule has 108 valence electrons. The van der Waals surface area contributed by atoms with Crippen molar-refractivity contribution in [1.29, 1.82) is 0 Å². The zero-order valence-electron chi connectivity index (χ0n) is 10.4. The van der Waals surface area contributed by atoms with Crippen molar-refractivity contribution in [2.75, 3.05) is 5.75 Å². The lowest BCUT2D eigenvalue weighted by atomic mass is 10.1. The van der Waals surface area contributed by atoms with E-state index in [-0.39, 0.29) is 11.3 Å². The summed E-state index contributed by atoms with van der Waals surface area (Å²) in [6, 6.07) is 4.72. The molecular weight excluding hydrogens is 309 g/mol. The number of halogens is 3. The van der Waals surface area contributed by atoms with Gasteiger partial charge in [0, 0.05) is 5.75 Å². The number of aliphatic hydroxyl groups is 1. The van der Waals surface area contributed by atoms with Gasteiger partial charge in [-0.05, 0) is 24.6 Å². The predicted molar refractivity (Wildman–Crippen MR) is 71.8 cm³/mol. The van der Waals surface area contributed by atoms with Crippen molar-refractivity contribution >= 4 is 23.1 Å². The number of thioether (sulfide) groups is 1. The highest BCUT2D eigenvalue weighted by molar-refractivity contribution is 8.01. The van der Waals surface area contributed by atoms with E-state index < -0.39 is 17.8 Å². The highest BCUT2D eigenvalue weighted by Gasteiger charge is 2.30. The summed E-state index contributed by atoms with van der Waals surface area (Å²) in [4.78, 5) is 0. The molecule has 8 heteroatoms. The number of rotatable bonds is 4. The van der Waals surface area contributed by atoms with Gasteiger partial charge in [-0.1, -0.05) is 35.2 Å². The van der Waals surface area contributed by atoms with Gasteiger partial charge in [0.2, 0.25) is 0 Å². The van der Waals surface area contributed by atoms with Crippen LogP contribution in [0.15, 0.2) is 28.6 Å². The molecule has 0 fully saturated rings. The van der Waals surface area contributed by atoms with Gasteiger partial charge in [-0.15, -0.1) is 10.2 Å². The molecule has 1 atom stereocenters. The Kier molecular flexibility index (Phi) is 4.66. The molecule has 1 heterocycles. The minimum absolute atomic E-state index is 0.232. The third kappa shape index (κ3) is 3.94. The second-order valence-electron chi connectivity index (χ2n) is 4.04. The summed E-state index contributed by atoms with van der Waals surface area (Å²) in [6.07, 6.45) is -5.38. The molecule has 0 aliphatic heterocycles. The third-order valence-corrected chi connectivity index (χ3v) is 4.52. The largest absolute Gasteiger partial charge is 0.416 e. The molecule has 0 aliphatic rings. The number of hydrogen-bond acceptors (Lipinski definition) is 5. The first-order chi connectivity index (χ1) is 9.36. The van der Waals surface area contributed by atoms with Crippen LogP contribution < -0.4 is 0 Å². The fourth-order valence-electron chi connectivity index (χ4n) is 1.51. The quantitative estimate of drug-likeness (QED) is 0.873. The molecule has 0 spiro atoms. The Morgan fingerprint density at radius 1 is 1.35 bits per heavy atom. The van der Waals surface area contributed by atoms with E-state index >= 15 is 0 Å². The van der Waals surface area contributed by atoms with E-state index in [9.17, 15) is 18.3 Å². The summed E-state index contributed by atoms with van der Waals surface area (Å²) in [7, 11) is 0.